The summed E-state index contributed by atoms with van der Waals surface area (Å²) in [6.07, 6.45) is 2.02. The van der Waals surface area contributed by atoms with Gasteiger partial charge in [0.15, 0.2) is 9.84 Å². The van der Waals surface area contributed by atoms with Crippen LogP contribution in [-0.2, 0) is 9.84 Å². The lowest BCUT2D eigenvalue weighted by Gasteiger charge is -2.39. The van der Waals surface area contributed by atoms with Gasteiger partial charge in [0.1, 0.15) is 0 Å². The first-order chi connectivity index (χ1) is 7.52. The first kappa shape index (κ1) is 11.6. The standard InChI is InChI=1S/C12H16O3S/c1-10-3-5-11(6-4-10)16(14,15)12(9-13)7-2-8-12/h3-6,13H,2,7-9H2,1H3. The summed E-state index contributed by atoms with van der Waals surface area (Å²) in [5.41, 5.74) is 1.03. The van der Waals surface area contributed by atoms with Crippen molar-refractivity contribution in [2.45, 2.75) is 35.8 Å². The summed E-state index contributed by atoms with van der Waals surface area (Å²) in [4.78, 5) is 0.326. The van der Waals surface area contributed by atoms with Crippen LogP contribution >= 0.6 is 0 Å². The van der Waals surface area contributed by atoms with Gasteiger partial charge in [-0.2, -0.15) is 0 Å². The molecule has 0 atom stereocenters. The van der Waals surface area contributed by atoms with Gasteiger partial charge < -0.3 is 5.11 Å². The predicted octanol–water partition coefficient (Wildman–Crippen LogP) is 1.68. The van der Waals surface area contributed by atoms with E-state index in [1.165, 1.54) is 0 Å². The van der Waals surface area contributed by atoms with E-state index in [-0.39, 0.29) is 6.61 Å². The SMILES string of the molecule is Cc1ccc(S(=O)(=O)C2(CO)CCC2)cc1. The maximum Gasteiger partial charge on any atom is 0.186 e. The van der Waals surface area contributed by atoms with Crippen molar-refractivity contribution in [3.63, 3.8) is 0 Å². The molecule has 1 fully saturated rings. The highest BCUT2D eigenvalue weighted by Crippen LogP contribution is 2.42. The van der Waals surface area contributed by atoms with Gasteiger partial charge in [-0.1, -0.05) is 24.1 Å². The fourth-order valence-electron chi connectivity index (χ4n) is 2.05. The molecule has 0 unspecified atom stereocenters. The third-order valence-electron chi connectivity index (χ3n) is 3.45. The minimum absolute atomic E-state index is 0.275. The van der Waals surface area contributed by atoms with Crippen molar-refractivity contribution < 1.29 is 13.5 Å². The molecule has 0 radical (unpaired) electrons. The molecule has 1 saturated carbocycles. The minimum Gasteiger partial charge on any atom is -0.395 e. The number of benzene rings is 1. The van der Waals surface area contributed by atoms with Crippen molar-refractivity contribution in [3.8, 4) is 0 Å². The van der Waals surface area contributed by atoms with Crippen LogP contribution in [0.1, 0.15) is 24.8 Å². The zero-order valence-corrected chi connectivity index (χ0v) is 10.1. The molecule has 0 amide bonds. The molecule has 0 aliphatic heterocycles. The molecule has 1 aromatic rings. The van der Waals surface area contributed by atoms with Crippen LogP contribution in [0.3, 0.4) is 0 Å². The first-order valence-corrected chi connectivity index (χ1v) is 6.92. The highest BCUT2D eigenvalue weighted by Gasteiger charge is 2.48. The van der Waals surface area contributed by atoms with Gasteiger partial charge in [-0.25, -0.2) is 8.42 Å². The van der Waals surface area contributed by atoms with E-state index < -0.39 is 14.6 Å². The third kappa shape index (κ3) is 1.57. The van der Waals surface area contributed by atoms with Crippen molar-refractivity contribution in [1.82, 2.24) is 0 Å². The summed E-state index contributed by atoms with van der Waals surface area (Å²) in [5.74, 6) is 0. The van der Waals surface area contributed by atoms with Crippen LogP contribution in [0.4, 0.5) is 0 Å². The summed E-state index contributed by atoms with van der Waals surface area (Å²) >= 11 is 0. The van der Waals surface area contributed by atoms with Crippen LogP contribution in [-0.4, -0.2) is 24.9 Å². The van der Waals surface area contributed by atoms with E-state index in [0.29, 0.717) is 17.7 Å². The number of aryl methyl sites for hydroxylation is 1. The number of rotatable bonds is 3. The molecule has 1 aromatic carbocycles. The Morgan fingerprint density at radius 2 is 1.81 bits per heavy atom. The van der Waals surface area contributed by atoms with Gasteiger partial charge in [0.05, 0.1) is 16.2 Å². The maximum atomic E-state index is 12.3. The molecule has 16 heavy (non-hydrogen) atoms. The molecule has 3 nitrogen and oxygen atoms in total. The molecule has 0 spiro atoms. The van der Waals surface area contributed by atoms with E-state index in [4.69, 9.17) is 0 Å². The van der Waals surface area contributed by atoms with Crippen LogP contribution in [0.15, 0.2) is 29.2 Å². The van der Waals surface area contributed by atoms with Crippen molar-refractivity contribution in [3.05, 3.63) is 29.8 Å². The second-order valence-electron chi connectivity index (χ2n) is 4.51. The van der Waals surface area contributed by atoms with E-state index in [9.17, 15) is 13.5 Å². The molecular formula is C12H16O3S. The van der Waals surface area contributed by atoms with Gasteiger partial charge in [-0.3, -0.25) is 0 Å². The highest BCUT2D eigenvalue weighted by atomic mass is 32.2. The topological polar surface area (TPSA) is 54.4 Å². The molecule has 0 bridgehead atoms. The molecule has 1 aliphatic rings. The highest BCUT2D eigenvalue weighted by molar-refractivity contribution is 7.93. The van der Waals surface area contributed by atoms with E-state index in [1.807, 2.05) is 6.92 Å². The predicted molar refractivity (Wildman–Crippen MR) is 62.0 cm³/mol. The quantitative estimate of drug-likeness (QED) is 0.874. The molecule has 4 heteroatoms. The van der Waals surface area contributed by atoms with Crippen molar-refractivity contribution in [2.75, 3.05) is 6.61 Å². The van der Waals surface area contributed by atoms with Crippen molar-refractivity contribution >= 4 is 9.84 Å². The molecular weight excluding hydrogens is 224 g/mol. The largest absolute Gasteiger partial charge is 0.395 e. The molecule has 1 aliphatic carbocycles. The summed E-state index contributed by atoms with van der Waals surface area (Å²) < 4.78 is 23.7. The second kappa shape index (κ2) is 3.86. The number of hydrogen-bond acceptors (Lipinski definition) is 3. The Bertz CT molecular complexity index is 464. The monoisotopic (exact) mass is 240 g/mol. The lowest BCUT2D eigenvalue weighted by atomic mass is 9.85. The van der Waals surface area contributed by atoms with Crippen molar-refractivity contribution in [2.24, 2.45) is 0 Å². The molecule has 0 heterocycles. The Labute approximate surface area is 96.0 Å². The Morgan fingerprint density at radius 3 is 2.19 bits per heavy atom. The zero-order chi connectivity index (χ0) is 11.8. The van der Waals surface area contributed by atoms with Crippen LogP contribution in [0, 0.1) is 6.92 Å². The van der Waals surface area contributed by atoms with Gasteiger partial charge >= 0.3 is 0 Å². The minimum atomic E-state index is -3.38. The fraction of sp³-hybridized carbons (Fsp3) is 0.500. The van der Waals surface area contributed by atoms with Gasteiger partial charge in [0.2, 0.25) is 0 Å². The fourth-order valence-corrected chi connectivity index (χ4v) is 4.04. The molecule has 2 rings (SSSR count). The average molecular weight is 240 g/mol. The molecule has 88 valence electrons. The maximum absolute atomic E-state index is 12.3. The Hall–Kier alpha value is -0.870. The Balaban J connectivity index is 2.42. The van der Waals surface area contributed by atoms with Gasteiger partial charge in [-0.05, 0) is 31.9 Å². The smallest absolute Gasteiger partial charge is 0.186 e. The molecule has 0 aromatic heterocycles. The summed E-state index contributed by atoms with van der Waals surface area (Å²) in [6.45, 7) is 1.64. The lowest BCUT2D eigenvalue weighted by molar-refractivity contribution is 0.181. The molecule has 1 N–H and O–H groups in total. The van der Waals surface area contributed by atoms with Crippen LogP contribution in [0.25, 0.3) is 0 Å². The zero-order valence-electron chi connectivity index (χ0n) is 9.31. The van der Waals surface area contributed by atoms with Crippen molar-refractivity contribution in [1.29, 1.82) is 0 Å². The Kier molecular flexibility index (Phi) is 2.80. The van der Waals surface area contributed by atoms with E-state index in [2.05, 4.69) is 0 Å². The summed E-state index contributed by atoms with van der Waals surface area (Å²) in [5, 5.41) is 9.31. The van der Waals surface area contributed by atoms with Crippen LogP contribution in [0.5, 0.6) is 0 Å². The normalized spacial score (nSPS) is 19.1. The van der Waals surface area contributed by atoms with Crippen LogP contribution in [0.2, 0.25) is 0 Å². The average Bonchev–Trinajstić information content (AvgIpc) is 2.17. The van der Waals surface area contributed by atoms with Gasteiger partial charge in [-0.15, -0.1) is 0 Å². The van der Waals surface area contributed by atoms with Gasteiger partial charge in [0, 0.05) is 0 Å². The van der Waals surface area contributed by atoms with Crippen LogP contribution < -0.4 is 0 Å². The van der Waals surface area contributed by atoms with E-state index in [0.717, 1.165) is 12.0 Å². The first-order valence-electron chi connectivity index (χ1n) is 5.44. The van der Waals surface area contributed by atoms with E-state index >= 15 is 0 Å². The number of aliphatic hydroxyl groups excluding tert-OH is 1. The number of hydrogen-bond donors (Lipinski definition) is 1. The Morgan fingerprint density at radius 1 is 1.25 bits per heavy atom. The summed E-state index contributed by atoms with van der Waals surface area (Å²) in [7, 11) is -3.38. The number of aliphatic hydroxyl groups is 1. The molecule has 0 saturated heterocycles. The van der Waals surface area contributed by atoms with E-state index in [1.54, 1.807) is 24.3 Å². The number of sulfone groups is 1. The summed E-state index contributed by atoms with van der Waals surface area (Å²) in [6, 6.07) is 6.83. The van der Waals surface area contributed by atoms with Gasteiger partial charge in [0.25, 0.3) is 0 Å². The second-order valence-corrected chi connectivity index (χ2v) is 6.86. The third-order valence-corrected chi connectivity index (χ3v) is 6.02. The lowest BCUT2D eigenvalue weighted by Crippen LogP contribution is -2.48.